The number of nitrogens with zero attached hydrogens (tertiary/aromatic N) is 1. The first-order valence-electron chi connectivity index (χ1n) is 4.97. The second kappa shape index (κ2) is 6.23. The van der Waals surface area contributed by atoms with Gasteiger partial charge < -0.3 is 4.90 Å². The molecule has 84 valence electrons. The van der Waals surface area contributed by atoms with E-state index in [1.807, 2.05) is 14.1 Å². The normalized spacial score (nSPS) is 13.1. The van der Waals surface area contributed by atoms with Crippen LogP contribution >= 0.6 is 15.9 Å². The number of halogens is 1. The van der Waals surface area contributed by atoms with E-state index in [0.717, 1.165) is 17.4 Å². The number of benzene rings is 1. The first-order valence-corrected chi connectivity index (χ1v) is 5.76. The lowest BCUT2D eigenvalue weighted by Crippen LogP contribution is -2.43. The Kier molecular flexibility index (Phi) is 5.25. The van der Waals surface area contributed by atoms with Crippen LogP contribution in [0.3, 0.4) is 0 Å². The van der Waals surface area contributed by atoms with Crippen molar-refractivity contribution in [2.75, 3.05) is 20.6 Å². The molecule has 0 aliphatic heterocycles. The molecule has 4 heteroatoms. The minimum Gasteiger partial charge on any atom is -0.308 e. The molecule has 0 aromatic heterocycles. The van der Waals surface area contributed by atoms with Crippen molar-refractivity contribution in [1.29, 1.82) is 0 Å². The average molecular weight is 272 g/mol. The highest BCUT2D eigenvalue weighted by atomic mass is 79.9. The molecular formula is C11H18BrN3. The van der Waals surface area contributed by atoms with E-state index < -0.39 is 0 Å². The SMILES string of the molecule is CN(C)CC(Cc1ccc(Br)cc1)NN. The fraction of sp³-hybridized carbons (Fsp3) is 0.455. The van der Waals surface area contributed by atoms with Gasteiger partial charge in [-0.25, -0.2) is 0 Å². The summed E-state index contributed by atoms with van der Waals surface area (Å²) >= 11 is 3.42. The Bertz CT molecular complexity index is 284. The van der Waals surface area contributed by atoms with Gasteiger partial charge in [0.2, 0.25) is 0 Å². The molecular weight excluding hydrogens is 254 g/mol. The molecule has 0 saturated carbocycles. The Hall–Kier alpha value is -0.420. The zero-order valence-electron chi connectivity index (χ0n) is 9.20. The lowest BCUT2D eigenvalue weighted by atomic mass is 10.1. The summed E-state index contributed by atoms with van der Waals surface area (Å²) in [5.74, 6) is 5.51. The summed E-state index contributed by atoms with van der Waals surface area (Å²) in [4.78, 5) is 2.13. The molecule has 1 rings (SSSR count). The van der Waals surface area contributed by atoms with Crippen molar-refractivity contribution in [1.82, 2.24) is 10.3 Å². The summed E-state index contributed by atoms with van der Waals surface area (Å²) in [7, 11) is 4.10. The molecule has 1 unspecified atom stereocenters. The number of hydrazine groups is 1. The second-order valence-electron chi connectivity index (χ2n) is 3.96. The van der Waals surface area contributed by atoms with E-state index in [4.69, 9.17) is 5.84 Å². The molecule has 15 heavy (non-hydrogen) atoms. The number of hydrogen-bond acceptors (Lipinski definition) is 3. The summed E-state index contributed by atoms with van der Waals surface area (Å²) in [5.41, 5.74) is 4.14. The van der Waals surface area contributed by atoms with Crippen molar-refractivity contribution in [3.05, 3.63) is 34.3 Å². The van der Waals surface area contributed by atoms with Gasteiger partial charge in [-0.1, -0.05) is 28.1 Å². The molecule has 1 atom stereocenters. The molecule has 0 fully saturated rings. The zero-order valence-corrected chi connectivity index (χ0v) is 10.8. The predicted molar refractivity (Wildman–Crippen MR) is 67.5 cm³/mol. The number of nitrogens with two attached hydrogens (primary N) is 1. The summed E-state index contributed by atoms with van der Waals surface area (Å²) in [6, 6.07) is 8.63. The van der Waals surface area contributed by atoms with Gasteiger partial charge in [0.05, 0.1) is 0 Å². The Balaban J connectivity index is 2.54. The third-order valence-corrected chi connectivity index (χ3v) is 2.75. The van der Waals surface area contributed by atoms with Crippen LogP contribution < -0.4 is 11.3 Å². The van der Waals surface area contributed by atoms with Gasteiger partial charge in [0.25, 0.3) is 0 Å². The van der Waals surface area contributed by atoms with E-state index in [-0.39, 0.29) is 0 Å². The van der Waals surface area contributed by atoms with Crippen LogP contribution in [0, 0.1) is 0 Å². The Labute approximate surface area is 99.7 Å². The Morgan fingerprint density at radius 1 is 1.33 bits per heavy atom. The molecule has 0 amide bonds. The zero-order chi connectivity index (χ0) is 11.3. The number of rotatable bonds is 5. The first-order chi connectivity index (χ1) is 7.11. The number of nitrogens with one attached hydrogen (secondary N) is 1. The maximum Gasteiger partial charge on any atom is 0.0377 e. The first kappa shape index (κ1) is 12.6. The smallest absolute Gasteiger partial charge is 0.0377 e. The predicted octanol–water partition coefficient (Wildman–Crippen LogP) is 1.39. The van der Waals surface area contributed by atoms with Gasteiger partial charge in [0.1, 0.15) is 0 Å². The van der Waals surface area contributed by atoms with Crippen LogP contribution in [0.1, 0.15) is 5.56 Å². The van der Waals surface area contributed by atoms with E-state index in [1.165, 1.54) is 5.56 Å². The third-order valence-electron chi connectivity index (χ3n) is 2.22. The largest absolute Gasteiger partial charge is 0.308 e. The molecule has 0 saturated heterocycles. The van der Waals surface area contributed by atoms with Crippen LogP contribution in [-0.4, -0.2) is 31.6 Å². The monoisotopic (exact) mass is 271 g/mol. The van der Waals surface area contributed by atoms with E-state index >= 15 is 0 Å². The highest BCUT2D eigenvalue weighted by Gasteiger charge is 2.08. The topological polar surface area (TPSA) is 41.3 Å². The highest BCUT2D eigenvalue weighted by Crippen LogP contribution is 2.11. The molecule has 0 heterocycles. The van der Waals surface area contributed by atoms with Gasteiger partial charge in [-0.2, -0.15) is 0 Å². The van der Waals surface area contributed by atoms with Gasteiger partial charge in [-0.15, -0.1) is 0 Å². The van der Waals surface area contributed by atoms with Gasteiger partial charge in [0, 0.05) is 17.1 Å². The van der Waals surface area contributed by atoms with Crippen LogP contribution in [0.5, 0.6) is 0 Å². The Morgan fingerprint density at radius 2 is 1.93 bits per heavy atom. The van der Waals surface area contributed by atoms with Crippen LogP contribution in [0.2, 0.25) is 0 Å². The van der Waals surface area contributed by atoms with E-state index in [1.54, 1.807) is 0 Å². The van der Waals surface area contributed by atoms with E-state index in [2.05, 4.69) is 50.5 Å². The number of likely N-dealkylation sites (N-methyl/N-ethyl adjacent to an activating group) is 1. The maximum atomic E-state index is 5.51. The fourth-order valence-electron chi connectivity index (χ4n) is 1.52. The summed E-state index contributed by atoms with van der Waals surface area (Å²) in [5, 5.41) is 0. The van der Waals surface area contributed by atoms with Crippen molar-refractivity contribution in [3.63, 3.8) is 0 Å². The van der Waals surface area contributed by atoms with Gasteiger partial charge in [0.15, 0.2) is 0 Å². The minimum absolute atomic E-state index is 0.293. The maximum absolute atomic E-state index is 5.51. The van der Waals surface area contributed by atoms with Crippen molar-refractivity contribution in [2.45, 2.75) is 12.5 Å². The average Bonchev–Trinajstić information content (AvgIpc) is 2.19. The molecule has 3 N–H and O–H groups in total. The van der Waals surface area contributed by atoms with E-state index in [9.17, 15) is 0 Å². The summed E-state index contributed by atoms with van der Waals surface area (Å²) in [6.07, 6.45) is 0.946. The fourth-order valence-corrected chi connectivity index (χ4v) is 1.79. The van der Waals surface area contributed by atoms with E-state index in [0.29, 0.717) is 6.04 Å². The van der Waals surface area contributed by atoms with Crippen molar-refractivity contribution in [2.24, 2.45) is 5.84 Å². The lowest BCUT2D eigenvalue weighted by molar-refractivity contribution is 0.338. The minimum atomic E-state index is 0.293. The molecule has 0 radical (unpaired) electrons. The van der Waals surface area contributed by atoms with Gasteiger partial charge >= 0.3 is 0 Å². The van der Waals surface area contributed by atoms with Crippen LogP contribution in [0.25, 0.3) is 0 Å². The summed E-state index contributed by atoms with van der Waals surface area (Å²) in [6.45, 7) is 0.937. The van der Waals surface area contributed by atoms with Crippen LogP contribution in [0.15, 0.2) is 28.7 Å². The number of hydrogen-bond donors (Lipinski definition) is 2. The van der Waals surface area contributed by atoms with Gasteiger partial charge in [-0.3, -0.25) is 11.3 Å². The standard InChI is InChI=1S/C11H18BrN3/c1-15(2)8-11(14-13)7-9-3-5-10(12)6-4-9/h3-6,11,14H,7-8,13H2,1-2H3. The summed E-state index contributed by atoms with van der Waals surface area (Å²) < 4.78 is 1.11. The van der Waals surface area contributed by atoms with Gasteiger partial charge in [-0.05, 0) is 38.2 Å². The molecule has 0 aliphatic rings. The third kappa shape index (κ3) is 4.75. The van der Waals surface area contributed by atoms with Crippen LogP contribution in [0.4, 0.5) is 0 Å². The molecule has 0 bridgehead atoms. The second-order valence-corrected chi connectivity index (χ2v) is 4.87. The Morgan fingerprint density at radius 3 is 2.40 bits per heavy atom. The molecule has 0 spiro atoms. The quantitative estimate of drug-likeness (QED) is 0.628. The van der Waals surface area contributed by atoms with Crippen molar-refractivity contribution >= 4 is 15.9 Å². The van der Waals surface area contributed by atoms with Crippen LogP contribution in [-0.2, 0) is 6.42 Å². The van der Waals surface area contributed by atoms with Crippen molar-refractivity contribution in [3.8, 4) is 0 Å². The molecule has 0 aliphatic carbocycles. The van der Waals surface area contributed by atoms with Crippen molar-refractivity contribution < 1.29 is 0 Å². The highest BCUT2D eigenvalue weighted by molar-refractivity contribution is 9.10. The molecule has 3 nitrogen and oxygen atoms in total. The molecule has 1 aromatic carbocycles. The molecule has 1 aromatic rings. The lowest BCUT2D eigenvalue weighted by Gasteiger charge is -2.20.